The van der Waals surface area contributed by atoms with E-state index in [-0.39, 0.29) is 18.1 Å². The Morgan fingerprint density at radius 3 is 2.52 bits per heavy atom. The van der Waals surface area contributed by atoms with E-state index in [1.54, 1.807) is 6.92 Å². The number of fused-ring (bicyclic) bond motifs is 4. The van der Waals surface area contributed by atoms with E-state index in [0.29, 0.717) is 5.41 Å². The van der Waals surface area contributed by atoms with E-state index in [1.807, 2.05) is 0 Å². The Kier molecular flexibility index (Phi) is 5.06. The minimum absolute atomic E-state index is 0. The van der Waals surface area contributed by atoms with Gasteiger partial charge in [0.25, 0.3) is 0 Å². The number of likely N-dealkylation sites (tertiary alicyclic amines) is 1. The van der Waals surface area contributed by atoms with Crippen LogP contribution in [-0.2, 0) is 10.2 Å². The van der Waals surface area contributed by atoms with Gasteiger partial charge in [-0.3, -0.25) is 4.79 Å². The largest absolute Gasteiger partial charge is 0.350 e. The van der Waals surface area contributed by atoms with Gasteiger partial charge in [0, 0.05) is 13.0 Å². The molecule has 1 aliphatic heterocycles. The molecule has 1 heterocycles. The molecule has 4 nitrogen and oxygen atoms in total. The Labute approximate surface area is 163 Å². The summed E-state index contributed by atoms with van der Waals surface area (Å²) in [6.07, 6.45) is 10.9. The predicted octanol–water partition coefficient (Wildman–Crippen LogP) is 4.34. The van der Waals surface area contributed by atoms with Gasteiger partial charge in [0.1, 0.15) is 0 Å². The third-order valence-electron chi connectivity index (χ3n) is 8.12. The number of nitrogens with zero attached hydrogens (tertiary/aromatic N) is 1. The van der Waals surface area contributed by atoms with Crippen LogP contribution in [0.3, 0.4) is 0 Å². The van der Waals surface area contributed by atoms with Crippen LogP contribution in [0.15, 0.2) is 24.3 Å². The molecule has 3 aliphatic carbocycles. The number of benzene rings is 1. The molecule has 1 amide bonds. The highest BCUT2D eigenvalue weighted by molar-refractivity contribution is 5.73. The molecule has 0 radical (unpaired) electrons. The molecular weight excluding hydrogens is 334 g/mol. The molecule has 148 valence electrons. The van der Waals surface area contributed by atoms with Crippen molar-refractivity contribution in [1.29, 1.82) is 0 Å². The van der Waals surface area contributed by atoms with Crippen molar-refractivity contribution in [2.24, 2.45) is 11.8 Å². The number of nitrogens with one attached hydrogen (secondary N) is 1. The van der Waals surface area contributed by atoms with E-state index < -0.39 is 0 Å². The molecule has 0 aromatic heterocycles. The van der Waals surface area contributed by atoms with Gasteiger partial charge in [-0.25, -0.2) is 0 Å². The van der Waals surface area contributed by atoms with Crippen LogP contribution >= 0.6 is 0 Å². The summed E-state index contributed by atoms with van der Waals surface area (Å²) >= 11 is 0. The summed E-state index contributed by atoms with van der Waals surface area (Å²) < 4.78 is 0. The predicted molar refractivity (Wildman–Crippen MR) is 109 cm³/mol. The average molecular weight is 370 g/mol. The second-order valence-electron chi connectivity index (χ2n) is 9.44. The lowest BCUT2D eigenvalue weighted by molar-refractivity contribution is -0.119. The monoisotopic (exact) mass is 369 g/mol. The first-order chi connectivity index (χ1) is 12.6. The molecule has 27 heavy (non-hydrogen) atoms. The van der Waals surface area contributed by atoms with Crippen molar-refractivity contribution in [3.8, 4) is 0 Å². The Morgan fingerprint density at radius 2 is 1.85 bits per heavy atom. The van der Waals surface area contributed by atoms with E-state index in [0.717, 1.165) is 24.3 Å². The molecule has 4 heteroatoms. The topological polar surface area (TPSA) is 67.3 Å². The van der Waals surface area contributed by atoms with Gasteiger partial charge in [0.05, 0.1) is 6.04 Å². The van der Waals surface area contributed by atoms with Crippen LogP contribution in [0.4, 0.5) is 0 Å². The third-order valence-corrected chi connectivity index (χ3v) is 8.12. The normalized spacial score (nSPS) is 34.1. The Hall–Kier alpha value is -1.39. The molecule has 1 spiro atoms. The van der Waals surface area contributed by atoms with Crippen molar-refractivity contribution in [1.82, 2.24) is 16.4 Å². The molecule has 4 N–H and O–H groups in total. The third kappa shape index (κ3) is 3.21. The van der Waals surface area contributed by atoms with Crippen molar-refractivity contribution in [3.63, 3.8) is 0 Å². The lowest BCUT2D eigenvalue weighted by Gasteiger charge is -2.49. The summed E-state index contributed by atoms with van der Waals surface area (Å²) in [5.74, 6) is 2.12. The first kappa shape index (κ1) is 18.9. The van der Waals surface area contributed by atoms with Crippen LogP contribution in [-0.4, -0.2) is 29.9 Å². The van der Waals surface area contributed by atoms with Crippen molar-refractivity contribution in [3.05, 3.63) is 35.4 Å². The highest BCUT2D eigenvalue weighted by Crippen LogP contribution is 2.51. The molecule has 2 saturated carbocycles. The summed E-state index contributed by atoms with van der Waals surface area (Å²) in [7, 11) is 0. The van der Waals surface area contributed by atoms with Gasteiger partial charge in [-0.1, -0.05) is 30.7 Å². The standard InChI is InChI=1S/C23H32N2O.H3N/c1-16(26)24-21-8-9-23(20-5-3-2-4-19(20)21)10-12-25(13-11-23)22-15-17-6-7-18(22)14-17;/h2-5,17-18,21-22H,6-15H2,1H3,(H,24,26);1H3/t17-,18-,21-,22-;/m1./s1. The summed E-state index contributed by atoms with van der Waals surface area (Å²) in [6, 6.07) is 10.0. The van der Waals surface area contributed by atoms with E-state index in [4.69, 9.17) is 0 Å². The molecule has 5 rings (SSSR count). The molecule has 0 unspecified atom stereocenters. The van der Waals surface area contributed by atoms with Crippen molar-refractivity contribution >= 4 is 5.91 Å². The SMILES string of the molecule is CC(=O)N[C@@H]1CCC2(CCN([C@@H]3C[C@@H]4CC[C@@H]3C4)CC2)c2ccccc21.N. The second kappa shape index (κ2) is 7.21. The maximum atomic E-state index is 11.6. The maximum Gasteiger partial charge on any atom is 0.217 e. The van der Waals surface area contributed by atoms with Crippen LogP contribution in [0.25, 0.3) is 0 Å². The molecule has 4 aliphatic rings. The number of hydrogen-bond donors (Lipinski definition) is 2. The van der Waals surface area contributed by atoms with Crippen LogP contribution in [0.1, 0.15) is 75.5 Å². The zero-order valence-electron chi connectivity index (χ0n) is 16.8. The van der Waals surface area contributed by atoms with Gasteiger partial charge >= 0.3 is 0 Å². The van der Waals surface area contributed by atoms with E-state index >= 15 is 0 Å². The zero-order chi connectivity index (χ0) is 17.7. The zero-order valence-corrected chi connectivity index (χ0v) is 16.8. The quantitative estimate of drug-likeness (QED) is 0.815. The van der Waals surface area contributed by atoms with E-state index in [9.17, 15) is 4.79 Å². The van der Waals surface area contributed by atoms with Crippen LogP contribution in [0.2, 0.25) is 0 Å². The lowest BCUT2D eigenvalue weighted by Crippen LogP contribution is -2.50. The van der Waals surface area contributed by atoms with E-state index in [2.05, 4.69) is 34.5 Å². The van der Waals surface area contributed by atoms with Gasteiger partial charge in [-0.2, -0.15) is 0 Å². The second-order valence-corrected chi connectivity index (χ2v) is 9.44. The van der Waals surface area contributed by atoms with Gasteiger partial charge in [-0.05, 0) is 86.4 Å². The lowest BCUT2D eigenvalue weighted by atomic mass is 9.63. The number of rotatable bonds is 2. The number of hydrogen-bond acceptors (Lipinski definition) is 3. The molecular formula is C23H35N3O. The highest BCUT2D eigenvalue weighted by atomic mass is 16.1. The molecule has 2 bridgehead atoms. The van der Waals surface area contributed by atoms with Crippen LogP contribution < -0.4 is 11.5 Å². The fourth-order valence-electron chi connectivity index (χ4n) is 6.85. The van der Waals surface area contributed by atoms with Crippen molar-refractivity contribution in [2.75, 3.05) is 13.1 Å². The Balaban J connectivity index is 0.00000180. The van der Waals surface area contributed by atoms with Gasteiger partial charge in [0.15, 0.2) is 0 Å². The number of piperidine rings is 1. The summed E-state index contributed by atoms with van der Waals surface area (Å²) in [6.45, 7) is 4.18. The fraction of sp³-hybridized carbons (Fsp3) is 0.696. The number of amides is 1. The number of carbonyl (C=O) groups excluding carboxylic acids is 1. The highest BCUT2D eigenvalue weighted by Gasteiger charge is 2.47. The summed E-state index contributed by atoms with van der Waals surface area (Å²) in [5.41, 5.74) is 3.25. The van der Waals surface area contributed by atoms with Gasteiger partial charge in [-0.15, -0.1) is 0 Å². The molecule has 1 aromatic rings. The average Bonchev–Trinajstić information content (AvgIpc) is 3.28. The molecule has 1 aromatic carbocycles. The van der Waals surface area contributed by atoms with Crippen molar-refractivity contribution in [2.45, 2.75) is 75.8 Å². The maximum absolute atomic E-state index is 11.6. The number of carbonyl (C=O) groups is 1. The van der Waals surface area contributed by atoms with Gasteiger partial charge < -0.3 is 16.4 Å². The molecule has 1 saturated heterocycles. The Bertz CT molecular complexity index is 695. The minimum Gasteiger partial charge on any atom is -0.350 e. The summed E-state index contributed by atoms with van der Waals surface area (Å²) in [5, 5.41) is 3.18. The fourth-order valence-corrected chi connectivity index (χ4v) is 6.85. The van der Waals surface area contributed by atoms with E-state index in [1.165, 1.54) is 69.2 Å². The van der Waals surface area contributed by atoms with Crippen molar-refractivity contribution < 1.29 is 4.79 Å². The van der Waals surface area contributed by atoms with Crippen LogP contribution in [0.5, 0.6) is 0 Å². The minimum atomic E-state index is 0. The first-order valence-corrected chi connectivity index (χ1v) is 10.8. The van der Waals surface area contributed by atoms with Crippen LogP contribution in [0, 0.1) is 11.8 Å². The summed E-state index contributed by atoms with van der Waals surface area (Å²) in [4.78, 5) is 14.5. The molecule has 3 fully saturated rings. The smallest absolute Gasteiger partial charge is 0.217 e. The molecule has 4 atom stereocenters. The first-order valence-electron chi connectivity index (χ1n) is 10.8. The Morgan fingerprint density at radius 1 is 1.07 bits per heavy atom. The van der Waals surface area contributed by atoms with Gasteiger partial charge in [0.2, 0.25) is 5.91 Å².